The number of halogens is 1. The van der Waals surface area contributed by atoms with Gasteiger partial charge in [-0.2, -0.15) is 0 Å². The van der Waals surface area contributed by atoms with Gasteiger partial charge in [0.2, 0.25) is 0 Å². The predicted molar refractivity (Wildman–Crippen MR) is 81.8 cm³/mol. The van der Waals surface area contributed by atoms with Crippen molar-refractivity contribution >= 4 is 11.6 Å². The third-order valence-electron chi connectivity index (χ3n) is 4.48. The topological polar surface area (TPSA) is 18.5 Å². The van der Waals surface area contributed by atoms with Crippen LogP contribution < -0.4 is 9.47 Å². The molecule has 1 aromatic rings. The zero-order valence-corrected chi connectivity index (χ0v) is 12.7. The number of alkyl halides is 1. The van der Waals surface area contributed by atoms with E-state index in [1.165, 1.54) is 38.5 Å². The molecule has 3 rings (SSSR count). The van der Waals surface area contributed by atoms with Gasteiger partial charge in [0, 0.05) is 0 Å². The minimum Gasteiger partial charge on any atom is -0.486 e. The number of fused-ring (bicyclic) bond motifs is 1. The first-order valence-corrected chi connectivity index (χ1v) is 8.30. The Kier molecular flexibility index (Phi) is 4.72. The second-order valence-corrected chi connectivity index (χ2v) is 6.48. The fourth-order valence-corrected chi connectivity index (χ4v) is 3.54. The highest BCUT2D eigenvalue weighted by atomic mass is 35.5. The smallest absolute Gasteiger partial charge is 0.161 e. The Labute approximate surface area is 126 Å². The molecule has 1 unspecified atom stereocenters. The molecule has 1 saturated carbocycles. The number of ether oxygens (including phenoxy) is 2. The number of hydrogen-bond donors (Lipinski definition) is 0. The number of rotatable bonds is 4. The van der Waals surface area contributed by atoms with Crippen LogP contribution in [0.3, 0.4) is 0 Å². The molecule has 0 aromatic heterocycles. The molecular weight excluding hydrogens is 272 g/mol. The van der Waals surface area contributed by atoms with Gasteiger partial charge in [-0.15, -0.1) is 11.6 Å². The molecule has 0 amide bonds. The van der Waals surface area contributed by atoms with Crippen LogP contribution in [0.2, 0.25) is 0 Å². The molecule has 0 bridgehead atoms. The molecular formula is C17H23ClO2. The molecule has 0 spiro atoms. The van der Waals surface area contributed by atoms with E-state index >= 15 is 0 Å². The maximum atomic E-state index is 6.57. The fourth-order valence-electron chi connectivity index (χ4n) is 3.28. The molecule has 1 aromatic carbocycles. The third kappa shape index (κ3) is 3.41. The summed E-state index contributed by atoms with van der Waals surface area (Å²) in [4.78, 5) is 0. The lowest BCUT2D eigenvalue weighted by atomic mass is 9.85. The summed E-state index contributed by atoms with van der Waals surface area (Å²) in [6.07, 6.45) is 9.33. The third-order valence-corrected chi connectivity index (χ3v) is 4.95. The zero-order chi connectivity index (χ0) is 13.8. The Morgan fingerprint density at radius 3 is 2.60 bits per heavy atom. The van der Waals surface area contributed by atoms with Crippen LogP contribution in [0.25, 0.3) is 0 Å². The summed E-state index contributed by atoms with van der Waals surface area (Å²) in [6, 6.07) is 6.11. The van der Waals surface area contributed by atoms with Crippen LogP contribution in [0.4, 0.5) is 0 Å². The monoisotopic (exact) mass is 294 g/mol. The van der Waals surface area contributed by atoms with Crippen LogP contribution in [0, 0.1) is 5.92 Å². The largest absolute Gasteiger partial charge is 0.486 e. The Hall–Kier alpha value is -0.890. The van der Waals surface area contributed by atoms with Crippen molar-refractivity contribution in [1.82, 2.24) is 0 Å². The zero-order valence-electron chi connectivity index (χ0n) is 11.9. The van der Waals surface area contributed by atoms with Crippen molar-refractivity contribution in [2.45, 2.75) is 50.3 Å². The second kappa shape index (κ2) is 6.71. The van der Waals surface area contributed by atoms with Gasteiger partial charge in [0.25, 0.3) is 0 Å². The highest BCUT2D eigenvalue weighted by molar-refractivity contribution is 6.20. The van der Waals surface area contributed by atoms with E-state index in [0.717, 1.165) is 29.4 Å². The van der Waals surface area contributed by atoms with Gasteiger partial charge in [0.15, 0.2) is 11.5 Å². The van der Waals surface area contributed by atoms with Crippen LogP contribution >= 0.6 is 11.6 Å². The maximum absolute atomic E-state index is 6.57. The molecule has 20 heavy (non-hydrogen) atoms. The molecule has 1 aliphatic carbocycles. The molecule has 110 valence electrons. The second-order valence-electron chi connectivity index (χ2n) is 5.95. The van der Waals surface area contributed by atoms with Gasteiger partial charge < -0.3 is 9.47 Å². The van der Waals surface area contributed by atoms with E-state index in [0.29, 0.717) is 13.2 Å². The Bertz CT molecular complexity index is 441. The van der Waals surface area contributed by atoms with Gasteiger partial charge >= 0.3 is 0 Å². The summed E-state index contributed by atoms with van der Waals surface area (Å²) in [5.74, 6) is 2.58. The van der Waals surface area contributed by atoms with Gasteiger partial charge in [-0.3, -0.25) is 0 Å². The summed E-state index contributed by atoms with van der Waals surface area (Å²) >= 11 is 6.57. The summed E-state index contributed by atoms with van der Waals surface area (Å²) in [5, 5.41) is 0.0905. The summed E-state index contributed by atoms with van der Waals surface area (Å²) in [5.41, 5.74) is 1.16. The van der Waals surface area contributed by atoms with Crippen molar-refractivity contribution < 1.29 is 9.47 Å². The van der Waals surface area contributed by atoms with Crippen molar-refractivity contribution in [3.8, 4) is 11.5 Å². The predicted octanol–water partition coefficient (Wildman–Crippen LogP) is 5.10. The summed E-state index contributed by atoms with van der Waals surface area (Å²) in [7, 11) is 0. The highest BCUT2D eigenvalue weighted by Crippen LogP contribution is 2.37. The molecule has 1 atom stereocenters. The van der Waals surface area contributed by atoms with Crippen LogP contribution in [0.1, 0.15) is 55.9 Å². The van der Waals surface area contributed by atoms with Crippen molar-refractivity contribution in [1.29, 1.82) is 0 Å². The summed E-state index contributed by atoms with van der Waals surface area (Å²) in [6.45, 7) is 1.27. The molecule has 1 aliphatic heterocycles. The Balaban J connectivity index is 1.57. The normalized spacial score (nSPS) is 20.6. The van der Waals surface area contributed by atoms with Gasteiger partial charge in [-0.1, -0.05) is 38.2 Å². The average Bonchev–Trinajstić information content (AvgIpc) is 2.53. The minimum absolute atomic E-state index is 0.0905. The van der Waals surface area contributed by atoms with Crippen molar-refractivity contribution in [3.05, 3.63) is 23.8 Å². The SMILES string of the molecule is ClC(CCC1CCCCC1)c1ccc2c(c1)OCCO2. The van der Waals surface area contributed by atoms with E-state index in [-0.39, 0.29) is 5.38 Å². The first kappa shape index (κ1) is 14.1. The Morgan fingerprint density at radius 2 is 1.80 bits per heavy atom. The van der Waals surface area contributed by atoms with E-state index in [9.17, 15) is 0 Å². The number of benzene rings is 1. The molecule has 2 aliphatic rings. The molecule has 0 radical (unpaired) electrons. The van der Waals surface area contributed by atoms with Crippen LogP contribution in [-0.2, 0) is 0 Å². The van der Waals surface area contributed by atoms with Gasteiger partial charge in [-0.25, -0.2) is 0 Å². The molecule has 2 nitrogen and oxygen atoms in total. The van der Waals surface area contributed by atoms with E-state index < -0.39 is 0 Å². The van der Waals surface area contributed by atoms with E-state index in [2.05, 4.69) is 6.07 Å². The fraction of sp³-hybridized carbons (Fsp3) is 0.647. The number of hydrogen-bond acceptors (Lipinski definition) is 2. The van der Waals surface area contributed by atoms with Crippen LogP contribution in [0.15, 0.2) is 18.2 Å². The standard InChI is InChI=1S/C17H23ClO2/c18-15(8-6-13-4-2-1-3-5-13)14-7-9-16-17(12-14)20-11-10-19-16/h7,9,12-13,15H,1-6,8,10-11H2. The average molecular weight is 295 g/mol. The van der Waals surface area contributed by atoms with Crippen molar-refractivity contribution in [2.24, 2.45) is 5.92 Å². The first-order chi connectivity index (χ1) is 9.83. The molecule has 0 N–H and O–H groups in total. The minimum atomic E-state index is 0.0905. The summed E-state index contributed by atoms with van der Waals surface area (Å²) < 4.78 is 11.2. The van der Waals surface area contributed by atoms with Crippen molar-refractivity contribution in [2.75, 3.05) is 13.2 Å². The van der Waals surface area contributed by atoms with E-state index in [4.69, 9.17) is 21.1 Å². The maximum Gasteiger partial charge on any atom is 0.161 e. The molecule has 1 fully saturated rings. The van der Waals surface area contributed by atoms with Crippen LogP contribution in [0.5, 0.6) is 11.5 Å². The van der Waals surface area contributed by atoms with Gasteiger partial charge in [0.1, 0.15) is 13.2 Å². The molecule has 3 heteroatoms. The van der Waals surface area contributed by atoms with Gasteiger partial charge in [-0.05, 0) is 36.5 Å². The first-order valence-electron chi connectivity index (χ1n) is 7.86. The van der Waals surface area contributed by atoms with Crippen LogP contribution in [-0.4, -0.2) is 13.2 Å². The van der Waals surface area contributed by atoms with Gasteiger partial charge in [0.05, 0.1) is 5.38 Å². The van der Waals surface area contributed by atoms with E-state index in [1.807, 2.05) is 12.1 Å². The van der Waals surface area contributed by atoms with Crippen molar-refractivity contribution in [3.63, 3.8) is 0 Å². The van der Waals surface area contributed by atoms with E-state index in [1.54, 1.807) is 0 Å². The lowest BCUT2D eigenvalue weighted by molar-refractivity contribution is 0.171. The highest BCUT2D eigenvalue weighted by Gasteiger charge is 2.18. The lowest BCUT2D eigenvalue weighted by Crippen LogP contribution is -2.15. The quantitative estimate of drug-likeness (QED) is 0.719. The molecule has 0 saturated heterocycles. The lowest BCUT2D eigenvalue weighted by Gasteiger charge is -2.23. The molecule has 1 heterocycles. The Morgan fingerprint density at radius 1 is 1.05 bits per heavy atom.